The maximum atomic E-state index is 6.05. The molecule has 2 unspecified atom stereocenters. The molecule has 1 saturated heterocycles. The molecule has 0 spiro atoms. The Balaban J connectivity index is 1.63. The first-order valence-electron chi connectivity index (χ1n) is 6.93. The molecule has 1 aromatic carbocycles. The second-order valence-electron chi connectivity index (χ2n) is 5.60. The molecule has 2 heterocycles. The van der Waals surface area contributed by atoms with E-state index in [9.17, 15) is 0 Å². The lowest BCUT2D eigenvalue weighted by molar-refractivity contribution is 0.106. The van der Waals surface area contributed by atoms with Crippen molar-refractivity contribution in [2.45, 2.75) is 32.4 Å². The predicted molar refractivity (Wildman–Crippen MR) is 73.2 cm³/mol. The van der Waals surface area contributed by atoms with Crippen molar-refractivity contribution < 1.29 is 4.74 Å². The lowest BCUT2D eigenvalue weighted by Gasteiger charge is -2.35. The summed E-state index contributed by atoms with van der Waals surface area (Å²) >= 11 is 0. The molecule has 3 nitrogen and oxygen atoms in total. The molecule has 0 bridgehead atoms. The lowest BCUT2D eigenvalue weighted by Crippen LogP contribution is -2.52. The molecule has 1 N–H and O–H groups in total. The lowest BCUT2D eigenvalue weighted by atomic mass is 10.1. The van der Waals surface area contributed by atoms with Crippen LogP contribution >= 0.6 is 0 Å². The van der Waals surface area contributed by atoms with Gasteiger partial charge in [-0.2, -0.15) is 0 Å². The van der Waals surface area contributed by atoms with E-state index in [1.165, 1.54) is 11.1 Å². The van der Waals surface area contributed by atoms with Gasteiger partial charge in [0.05, 0.1) is 0 Å². The summed E-state index contributed by atoms with van der Waals surface area (Å²) in [5.41, 5.74) is 2.70. The van der Waals surface area contributed by atoms with Crippen molar-refractivity contribution in [1.29, 1.82) is 0 Å². The summed E-state index contributed by atoms with van der Waals surface area (Å²) in [7, 11) is 0. The summed E-state index contributed by atoms with van der Waals surface area (Å²) in [5, 5.41) is 3.43. The quantitative estimate of drug-likeness (QED) is 0.857. The number of hydrogen-bond donors (Lipinski definition) is 1. The van der Waals surface area contributed by atoms with Gasteiger partial charge in [0.1, 0.15) is 11.9 Å². The number of fused-ring (bicyclic) bond motifs is 1. The Hall–Kier alpha value is -1.06. The molecule has 1 fully saturated rings. The van der Waals surface area contributed by atoms with Crippen molar-refractivity contribution in [3.05, 3.63) is 29.3 Å². The highest BCUT2D eigenvalue weighted by molar-refractivity contribution is 5.40. The van der Waals surface area contributed by atoms with Crippen molar-refractivity contribution in [3.63, 3.8) is 0 Å². The zero-order valence-electron chi connectivity index (χ0n) is 11.3. The number of ether oxygens (including phenoxy) is 1. The fourth-order valence-electron chi connectivity index (χ4n) is 2.97. The van der Waals surface area contributed by atoms with Crippen LogP contribution in [0.5, 0.6) is 5.75 Å². The maximum Gasteiger partial charge on any atom is 0.123 e. The summed E-state index contributed by atoms with van der Waals surface area (Å²) in [6.07, 6.45) is 1.40. The van der Waals surface area contributed by atoms with Crippen LogP contribution < -0.4 is 10.1 Å². The van der Waals surface area contributed by atoms with E-state index in [-0.39, 0.29) is 0 Å². The normalized spacial score (nSPS) is 27.9. The first kappa shape index (κ1) is 12.0. The number of nitrogens with one attached hydrogen (secondary N) is 1. The van der Waals surface area contributed by atoms with Gasteiger partial charge in [-0.25, -0.2) is 0 Å². The Labute approximate surface area is 109 Å². The number of hydrogen-bond acceptors (Lipinski definition) is 3. The largest absolute Gasteiger partial charge is 0.488 e. The fourth-order valence-corrected chi connectivity index (χ4v) is 2.97. The molecule has 3 heteroatoms. The summed E-state index contributed by atoms with van der Waals surface area (Å²) in [6.45, 7) is 8.82. The summed E-state index contributed by atoms with van der Waals surface area (Å²) in [6, 6.07) is 7.13. The minimum atomic E-state index is 0.336. The molecule has 0 amide bonds. The highest BCUT2D eigenvalue weighted by Gasteiger charge is 2.27. The van der Waals surface area contributed by atoms with Gasteiger partial charge in [0.15, 0.2) is 0 Å². The summed E-state index contributed by atoms with van der Waals surface area (Å²) < 4.78 is 6.05. The molecular formula is C15H22N2O. The number of nitrogens with zero attached hydrogens (tertiary/aromatic N) is 1. The molecule has 2 aliphatic rings. The van der Waals surface area contributed by atoms with Crippen LogP contribution in [0, 0.1) is 6.92 Å². The molecule has 2 aliphatic heterocycles. The Morgan fingerprint density at radius 2 is 2.33 bits per heavy atom. The standard InChI is InChI=1S/C15H22N2O/c1-11-3-4-15-13(7-11)8-14(18-15)10-17-6-5-16-9-12(17)2/h3-4,7,12,14,16H,5-6,8-10H2,1-2H3. The van der Waals surface area contributed by atoms with E-state index in [0.717, 1.165) is 38.3 Å². The van der Waals surface area contributed by atoms with Crippen LogP contribution in [0.3, 0.4) is 0 Å². The first-order chi connectivity index (χ1) is 8.72. The molecule has 3 rings (SSSR count). The topological polar surface area (TPSA) is 24.5 Å². The third kappa shape index (κ3) is 2.38. The van der Waals surface area contributed by atoms with Gasteiger partial charge in [-0.15, -0.1) is 0 Å². The minimum absolute atomic E-state index is 0.336. The molecule has 98 valence electrons. The fraction of sp³-hybridized carbons (Fsp3) is 0.600. The highest BCUT2D eigenvalue weighted by Crippen LogP contribution is 2.30. The first-order valence-corrected chi connectivity index (χ1v) is 6.93. The van der Waals surface area contributed by atoms with Gasteiger partial charge in [-0.3, -0.25) is 4.90 Å². The molecule has 0 aliphatic carbocycles. The van der Waals surface area contributed by atoms with E-state index in [1.54, 1.807) is 0 Å². The van der Waals surface area contributed by atoms with E-state index in [1.807, 2.05) is 0 Å². The molecule has 0 saturated carbocycles. The molecule has 1 aromatic rings. The van der Waals surface area contributed by atoms with Crippen molar-refractivity contribution in [1.82, 2.24) is 10.2 Å². The van der Waals surface area contributed by atoms with Gasteiger partial charge in [-0.1, -0.05) is 17.7 Å². The SMILES string of the molecule is Cc1ccc2c(c1)CC(CN1CCNCC1C)O2. The summed E-state index contributed by atoms with van der Waals surface area (Å²) in [5.74, 6) is 1.09. The van der Waals surface area contributed by atoms with Gasteiger partial charge in [-0.05, 0) is 25.5 Å². The van der Waals surface area contributed by atoms with E-state index in [2.05, 4.69) is 42.3 Å². The van der Waals surface area contributed by atoms with E-state index in [4.69, 9.17) is 4.74 Å². The van der Waals surface area contributed by atoms with Crippen LogP contribution in [-0.2, 0) is 6.42 Å². The van der Waals surface area contributed by atoms with Crippen molar-refractivity contribution >= 4 is 0 Å². The van der Waals surface area contributed by atoms with E-state index < -0.39 is 0 Å². The van der Waals surface area contributed by atoms with Crippen molar-refractivity contribution in [2.24, 2.45) is 0 Å². The monoisotopic (exact) mass is 246 g/mol. The van der Waals surface area contributed by atoms with Gasteiger partial charge >= 0.3 is 0 Å². The van der Waals surface area contributed by atoms with Crippen LogP contribution in [0.2, 0.25) is 0 Å². The average molecular weight is 246 g/mol. The molecule has 0 radical (unpaired) electrons. The second-order valence-corrected chi connectivity index (χ2v) is 5.60. The number of aryl methyl sites for hydroxylation is 1. The Kier molecular flexibility index (Phi) is 3.27. The molecule has 2 atom stereocenters. The number of benzene rings is 1. The zero-order valence-corrected chi connectivity index (χ0v) is 11.3. The average Bonchev–Trinajstić information content (AvgIpc) is 2.73. The van der Waals surface area contributed by atoms with Crippen molar-refractivity contribution in [3.8, 4) is 5.75 Å². The van der Waals surface area contributed by atoms with Crippen LogP contribution in [-0.4, -0.2) is 43.2 Å². The predicted octanol–water partition coefficient (Wildman–Crippen LogP) is 1.59. The Morgan fingerprint density at radius 1 is 1.44 bits per heavy atom. The van der Waals surface area contributed by atoms with Crippen LogP contribution in [0.1, 0.15) is 18.1 Å². The van der Waals surface area contributed by atoms with Crippen LogP contribution in [0.25, 0.3) is 0 Å². The third-order valence-corrected chi connectivity index (χ3v) is 4.03. The number of rotatable bonds is 2. The highest BCUT2D eigenvalue weighted by atomic mass is 16.5. The van der Waals surface area contributed by atoms with Gasteiger partial charge in [0.25, 0.3) is 0 Å². The Bertz CT molecular complexity index is 433. The van der Waals surface area contributed by atoms with Gasteiger partial charge in [0, 0.05) is 38.6 Å². The molecule has 18 heavy (non-hydrogen) atoms. The van der Waals surface area contributed by atoms with Crippen molar-refractivity contribution in [2.75, 3.05) is 26.2 Å². The van der Waals surface area contributed by atoms with Gasteiger partial charge < -0.3 is 10.1 Å². The zero-order chi connectivity index (χ0) is 12.5. The smallest absolute Gasteiger partial charge is 0.123 e. The van der Waals surface area contributed by atoms with E-state index >= 15 is 0 Å². The molecule has 0 aromatic heterocycles. The second kappa shape index (κ2) is 4.90. The maximum absolute atomic E-state index is 6.05. The number of piperazine rings is 1. The van der Waals surface area contributed by atoms with E-state index in [0.29, 0.717) is 12.1 Å². The van der Waals surface area contributed by atoms with Gasteiger partial charge in [0.2, 0.25) is 0 Å². The minimum Gasteiger partial charge on any atom is -0.488 e. The Morgan fingerprint density at radius 3 is 3.17 bits per heavy atom. The third-order valence-electron chi connectivity index (χ3n) is 4.03. The van der Waals surface area contributed by atoms with Crippen LogP contribution in [0.15, 0.2) is 18.2 Å². The summed E-state index contributed by atoms with van der Waals surface area (Å²) in [4.78, 5) is 2.54. The molecular weight excluding hydrogens is 224 g/mol. The van der Waals surface area contributed by atoms with Crippen LogP contribution in [0.4, 0.5) is 0 Å².